The van der Waals surface area contributed by atoms with Crippen molar-refractivity contribution in [1.82, 2.24) is 10.6 Å². The minimum atomic E-state index is -0.648. The molecule has 0 fully saturated rings. The van der Waals surface area contributed by atoms with Crippen molar-refractivity contribution in [2.24, 2.45) is 4.99 Å². The lowest BCUT2D eigenvalue weighted by molar-refractivity contribution is 0.145. The Morgan fingerprint density at radius 3 is 2.54 bits per heavy atom. The zero-order chi connectivity index (χ0) is 20.2. The van der Waals surface area contributed by atoms with E-state index in [4.69, 9.17) is 9.47 Å². The van der Waals surface area contributed by atoms with E-state index in [0.29, 0.717) is 44.4 Å². The van der Waals surface area contributed by atoms with Crippen LogP contribution in [0.1, 0.15) is 24.5 Å². The van der Waals surface area contributed by atoms with Crippen LogP contribution in [0.5, 0.6) is 11.5 Å². The van der Waals surface area contributed by atoms with E-state index in [1.54, 1.807) is 13.2 Å². The van der Waals surface area contributed by atoms with Crippen molar-refractivity contribution in [3.63, 3.8) is 0 Å². The van der Waals surface area contributed by atoms with E-state index < -0.39 is 5.82 Å². The van der Waals surface area contributed by atoms with E-state index in [1.807, 2.05) is 31.2 Å². The first-order valence-electron chi connectivity index (χ1n) is 9.32. The molecule has 0 spiro atoms. The van der Waals surface area contributed by atoms with Crippen LogP contribution in [0.15, 0.2) is 47.5 Å². The van der Waals surface area contributed by atoms with Gasteiger partial charge in [0.25, 0.3) is 0 Å². The van der Waals surface area contributed by atoms with Crippen molar-refractivity contribution in [2.75, 3.05) is 26.9 Å². The zero-order valence-electron chi connectivity index (χ0n) is 16.4. The number of hydrogen-bond acceptors (Lipinski definition) is 4. The maximum Gasteiger partial charge on any atom is 0.191 e. The first-order chi connectivity index (χ1) is 13.6. The van der Waals surface area contributed by atoms with Gasteiger partial charge in [-0.15, -0.1) is 0 Å². The van der Waals surface area contributed by atoms with Crippen LogP contribution in [0.3, 0.4) is 0 Å². The zero-order valence-corrected chi connectivity index (χ0v) is 16.4. The van der Waals surface area contributed by atoms with Crippen LogP contribution < -0.4 is 15.4 Å². The van der Waals surface area contributed by atoms with E-state index in [0.717, 1.165) is 17.7 Å². The van der Waals surface area contributed by atoms with Crippen molar-refractivity contribution in [2.45, 2.75) is 26.4 Å². The van der Waals surface area contributed by atoms with Gasteiger partial charge in [-0.05, 0) is 48.7 Å². The quantitative estimate of drug-likeness (QED) is 0.331. The van der Waals surface area contributed by atoms with Crippen molar-refractivity contribution in [1.29, 1.82) is 0 Å². The number of phenols is 1. The number of halogens is 1. The number of methoxy groups -OCH3 is 1. The minimum Gasteiger partial charge on any atom is -0.505 e. The fraction of sp³-hybridized carbons (Fsp3) is 0.381. The van der Waals surface area contributed by atoms with Crippen LogP contribution >= 0.6 is 0 Å². The molecule has 0 saturated heterocycles. The molecule has 0 bridgehead atoms. The van der Waals surface area contributed by atoms with Gasteiger partial charge in [0.05, 0.1) is 13.7 Å². The molecule has 2 rings (SSSR count). The molecule has 6 nitrogen and oxygen atoms in total. The maximum absolute atomic E-state index is 13.5. The molecule has 7 heteroatoms. The lowest BCUT2D eigenvalue weighted by Crippen LogP contribution is -2.37. The first-order valence-corrected chi connectivity index (χ1v) is 9.32. The summed E-state index contributed by atoms with van der Waals surface area (Å²) in [5.74, 6) is 0.423. The number of hydrogen-bond donors (Lipinski definition) is 3. The molecule has 152 valence electrons. The Balaban J connectivity index is 1.96. The second-order valence-electron chi connectivity index (χ2n) is 6.13. The normalized spacial score (nSPS) is 11.3. The molecule has 2 aromatic carbocycles. The van der Waals surface area contributed by atoms with Gasteiger partial charge >= 0.3 is 0 Å². The largest absolute Gasteiger partial charge is 0.505 e. The van der Waals surface area contributed by atoms with Gasteiger partial charge < -0.3 is 25.2 Å². The van der Waals surface area contributed by atoms with E-state index in [9.17, 15) is 9.50 Å². The Kier molecular flexibility index (Phi) is 9.07. The summed E-state index contributed by atoms with van der Waals surface area (Å²) >= 11 is 0. The minimum absolute atomic E-state index is 0.292. The molecule has 0 heterocycles. The maximum atomic E-state index is 13.5. The molecule has 0 aromatic heterocycles. The molecule has 3 N–H and O–H groups in total. The molecule has 2 aromatic rings. The van der Waals surface area contributed by atoms with Crippen LogP contribution in [-0.2, 0) is 17.8 Å². The van der Waals surface area contributed by atoms with Gasteiger partial charge in [-0.25, -0.2) is 9.38 Å². The summed E-state index contributed by atoms with van der Waals surface area (Å²) in [7, 11) is 1.64. The second-order valence-corrected chi connectivity index (χ2v) is 6.13. The number of rotatable bonds is 10. The van der Waals surface area contributed by atoms with E-state index in [2.05, 4.69) is 15.6 Å². The highest BCUT2D eigenvalue weighted by Gasteiger charge is 2.03. The average molecular weight is 389 g/mol. The molecule has 28 heavy (non-hydrogen) atoms. The Morgan fingerprint density at radius 1 is 1.11 bits per heavy atom. The van der Waals surface area contributed by atoms with E-state index in [1.165, 1.54) is 12.1 Å². The summed E-state index contributed by atoms with van der Waals surface area (Å²) in [5.41, 5.74) is 1.76. The predicted molar refractivity (Wildman–Crippen MR) is 108 cm³/mol. The molecule has 0 aliphatic carbocycles. The molecule has 0 saturated carbocycles. The highest BCUT2D eigenvalue weighted by molar-refractivity contribution is 5.79. The molecule has 0 atom stereocenters. The third-order valence-electron chi connectivity index (χ3n) is 4.01. The van der Waals surface area contributed by atoms with Crippen LogP contribution in [0.4, 0.5) is 4.39 Å². The molecule has 0 aliphatic heterocycles. The van der Waals surface area contributed by atoms with Gasteiger partial charge in [0.15, 0.2) is 17.5 Å². The van der Waals surface area contributed by atoms with Crippen LogP contribution in [-0.4, -0.2) is 37.9 Å². The average Bonchev–Trinajstić information content (AvgIpc) is 2.72. The van der Waals surface area contributed by atoms with E-state index in [-0.39, 0.29) is 5.75 Å². The van der Waals surface area contributed by atoms with Gasteiger partial charge in [-0.1, -0.05) is 18.2 Å². The number of nitrogens with zero attached hydrogens (tertiary/aromatic N) is 1. The standard InChI is InChI=1S/C21H28FN3O3/c1-3-28-12-4-11-23-21(24-14-16-5-8-18(27-2)9-6-16)25-15-17-7-10-20(26)19(22)13-17/h5-10,13,26H,3-4,11-12,14-15H2,1-2H3,(H2,23,24,25). The summed E-state index contributed by atoms with van der Waals surface area (Å²) in [6.07, 6.45) is 0.852. The predicted octanol–water partition coefficient (Wildman–Crippen LogP) is 3.20. The van der Waals surface area contributed by atoms with Gasteiger partial charge in [-0.3, -0.25) is 0 Å². The Bertz CT molecular complexity index is 751. The smallest absolute Gasteiger partial charge is 0.191 e. The number of aromatic hydroxyl groups is 1. The Labute approximate surface area is 165 Å². The fourth-order valence-corrected chi connectivity index (χ4v) is 2.45. The highest BCUT2D eigenvalue weighted by atomic mass is 19.1. The first kappa shape index (κ1) is 21.5. The Morgan fingerprint density at radius 2 is 1.86 bits per heavy atom. The monoisotopic (exact) mass is 389 g/mol. The van der Waals surface area contributed by atoms with Crippen molar-refractivity contribution in [3.8, 4) is 11.5 Å². The van der Waals surface area contributed by atoms with Gasteiger partial charge in [0.1, 0.15) is 5.75 Å². The topological polar surface area (TPSA) is 75.1 Å². The van der Waals surface area contributed by atoms with Crippen molar-refractivity contribution < 1.29 is 19.0 Å². The van der Waals surface area contributed by atoms with Crippen LogP contribution in [0, 0.1) is 5.82 Å². The molecule has 0 unspecified atom stereocenters. The van der Waals surface area contributed by atoms with E-state index >= 15 is 0 Å². The number of nitrogens with one attached hydrogen (secondary N) is 2. The highest BCUT2D eigenvalue weighted by Crippen LogP contribution is 2.16. The SMILES string of the molecule is CCOCCCNC(=NCc1ccc(O)c(F)c1)NCc1ccc(OC)cc1. The fourth-order valence-electron chi connectivity index (χ4n) is 2.45. The third kappa shape index (κ3) is 7.44. The molecule has 0 amide bonds. The van der Waals surface area contributed by atoms with Gasteiger partial charge in [0.2, 0.25) is 0 Å². The molecule has 0 aliphatic rings. The summed E-state index contributed by atoms with van der Waals surface area (Å²) in [5, 5.41) is 15.8. The molecular formula is C21H28FN3O3. The summed E-state index contributed by atoms with van der Waals surface area (Å²) < 4.78 is 24.0. The lowest BCUT2D eigenvalue weighted by Gasteiger charge is -2.13. The number of aliphatic imine (C=N–C) groups is 1. The summed E-state index contributed by atoms with van der Waals surface area (Å²) in [6, 6.07) is 12.0. The van der Waals surface area contributed by atoms with Crippen molar-refractivity contribution in [3.05, 3.63) is 59.4 Å². The summed E-state index contributed by atoms with van der Waals surface area (Å²) in [4.78, 5) is 4.51. The van der Waals surface area contributed by atoms with Crippen molar-refractivity contribution >= 4 is 5.96 Å². The number of benzene rings is 2. The summed E-state index contributed by atoms with van der Waals surface area (Å²) in [6.45, 7) is 4.93. The third-order valence-corrected chi connectivity index (χ3v) is 4.01. The van der Waals surface area contributed by atoms with Gasteiger partial charge in [0, 0.05) is 26.3 Å². The van der Waals surface area contributed by atoms with Crippen LogP contribution in [0.25, 0.3) is 0 Å². The second kappa shape index (κ2) is 11.8. The Hall–Kier alpha value is -2.80. The number of phenolic OH excluding ortho intramolecular Hbond substituents is 1. The number of ether oxygens (including phenoxy) is 2. The van der Waals surface area contributed by atoms with Gasteiger partial charge in [-0.2, -0.15) is 0 Å². The number of guanidine groups is 1. The van der Waals surface area contributed by atoms with Crippen LogP contribution in [0.2, 0.25) is 0 Å². The lowest BCUT2D eigenvalue weighted by atomic mass is 10.2. The molecule has 0 radical (unpaired) electrons. The molecular weight excluding hydrogens is 361 g/mol.